The predicted octanol–water partition coefficient (Wildman–Crippen LogP) is 2.77. The minimum atomic E-state index is -0.459. The van der Waals surface area contributed by atoms with Gasteiger partial charge in [0.2, 0.25) is 0 Å². The van der Waals surface area contributed by atoms with Gasteiger partial charge in [-0.15, -0.1) is 0 Å². The maximum absolute atomic E-state index is 12.0. The van der Waals surface area contributed by atoms with Crippen LogP contribution in [-0.4, -0.2) is 43.5 Å². The monoisotopic (exact) mass is 281 g/mol. The van der Waals surface area contributed by atoms with Gasteiger partial charge in [0.1, 0.15) is 13.3 Å². The average Bonchev–Trinajstić information content (AvgIpc) is 2.52. The zero-order valence-electron chi connectivity index (χ0n) is 11.5. The van der Waals surface area contributed by atoms with Crippen molar-refractivity contribution in [3.05, 3.63) is 35.9 Å². The summed E-state index contributed by atoms with van der Waals surface area (Å²) < 4.78 is 22.6. The highest BCUT2D eigenvalue weighted by atomic mass is 19.1. The van der Waals surface area contributed by atoms with Crippen molar-refractivity contribution in [3.8, 4) is 0 Å². The zero-order valence-corrected chi connectivity index (χ0v) is 11.5. The first kappa shape index (κ1) is 14.8. The van der Waals surface area contributed by atoms with Gasteiger partial charge < -0.3 is 14.4 Å². The molecule has 2 rings (SSSR count). The Kier molecular flexibility index (Phi) is 5.80. The molecule has 0 aromatic heterocycles. The minimum absolute atomic E-state index is 0.0592. The van der Waals surface area contributed by atoms with Crippen molar-refractivity contribution < 1.29 is 18.7 Å². The number of ether oxygens (including phenoxy) is 2. The number of carbonyl (C=O) groups excluding carboxylic acids is 1. The molecule has 0 radical (unpaired) electrons. The van der Waals surface area contributed by atoms with E-state index in [2.05, 4.69) is 0 Å². The van der Waals surface area contributed by atoms with Gasteiger partial charge in [-0.05, 0) is 18.4 Å². The molecule has 1 aliphatic rings. The van der Waals surface area contributed by atoms with Crippen molar-refractivity contribution in [1.82, 2.24) is 4.90 Å². The van der Waals surface area contributed by atoms with Crippen LogP contribution < -0.4 is 0 Å². The lowest BCUT2D eigenvalue weighted by Gasteiger charge is -2.31. The van der Waals surface area contributed by atoms with Crippen LogP contribution in [0.5, 0.6) is 0 Å². The maximum atomic E-state index is 12.0. The third kappa shape index (κ3) is 4.49. The Labute approximate surface area is 118 Å². The number of hydrogen-bond acceptors (Lipinski definition) is 3. The molecule has 1 aromatic rings. The van der Waals surface area contributed by atoms with E-state index in [1.807, 2.05) is 30.3 Å². The first-order valence-corrected chi connectivity index (χ1v) is 6.93. The van der Waals surface area contributed by atoms with Crippen molar-refractivity contribution >= 4 is 6.09 Å². The maximum Gasteiger partial charge on any atom is 0.410 e. The van der Waals surface area contributed by atoms with Crippen molar-refractivity contribution in [2.45, 2.75) is 25.6 Å². The summed E-state index contributed by atoms with van der Waals surface area (Å²) in [5, 5.41) is 0. The molecule has 110 valence electrons. The lowest BCUT2D eigenvalue weighted by Crippen LogP contribution is -2.41. The van der Waals surface area contributed by atoms with Gasteiger partial charge in [0.25, 0.3) is 0 Å². The summed E-state index contributed by atoms with van der Waals surface area (Å²) >= 11 is 0. The van der Waals surface area contributed by atoms with E-state index in [0.29, 0.717) is 13.1 Å². The molecule has 0 N–H and O–H groups in total. The van der Waals surface area contributed by atoms with Crippen molar-refractivity contribution in [2.24, 2.45) is 0 Å². The molecule has 1 aromatic carbocycles. The summed E-state index contributed by atoms with van der Waals surface area (Å²) in [6.07, 6.45) is 1.24. The van der Waals surface area contributed by atoms with E-state index < -0.39 is 6.67 Å². The molecule has 1 heterocycles. The molecule has 0 unspecified atom stereocenters. The van der Waals surface area contributed by atoms with Gasteiger partial charge in [-0.3, -0.25) is 0 Å². The van der Waals surface area contributed by atoms with Gasteiger partial charge in [-0.2, -0.15) is 0 Å². The van der Waals surface area contributed by atoms with Crippen LogP contribution in [-0.2, 0) is 16.1 Å². The molecule has 1 aliphatic heterocycles. The largest absolute Gasteiger partial charge is 0.445 e. The van der Waals surface area contributed by atoms with Gasteiger partial charge in [0, 0.05) is 13.1 Å². The van der Waals surface area contributed by atoms with E-state index in [0.717, 1.165) is 18.4 Å². The fraction of sp³-hybridized carbons (Fsp3) is 0.533. The Morgan fingerprint density at radius 2 is 1.95 bits per heavy atom. The standard InChI is InChI=1S/C15H20FNO3/c16-8-11-19-14-6-9-17(10-7-14)15(18)20-12-13-4-2-1-3-5-13/h1-5,14H,6-12H2. The van der Waals surface area contributed by atoms with Gasteiger partial charge in [-0.25, -0.2) is 9.18 Å². The molecule has 1 fully saturated rings. The Hall–Kier alpha value is -1.62. The summed E-state index contributed by atoms with van der Waals surface area (Å²) in [5.41, 5.74) is 0.974. The molecule has 0 spiro atoms. The number of nitrogens with zero attached hydrogens (tertiary/aromatic N) is 1. The topological polar surface area (TPSA) is 38.8 Å². The summed E-state index contributed by atoms with van der Waals surface area (Å²) in [6, 6.07) is 9.59. The van der Waals surface area contributed by atoms with Crippen LogP contribution in [0.15, 0.2) is 30.3 Å². The van der Waals surface area contributed by atoms with E-state index in [1.54, 1.807) is 4.90 Å². The average molecular weight is 281 g/mol. The molecule has 1 saturated heterocycles. The second kappa shape index (κ2) is 7.85. The molecule has 4 nitrogen and oxygen atoms in total. The van der Waals surface area contributed by atoms with Crippen LogP contribution >= 0.6 is 0 Å². The van der Waals surface area contributed by atoms with Crippen LogP contribution in [0, 0.1) is 0 Å². The van der Waals surface area contributed by atoms with Gasteiger partial charge >= 0.3 is 6.09 Å². The third-order valence-corrected chi connectivity index (χ3v) is 3.34. The fourth-order valence-electron chi connectivity index (χ4n) is 2.23. The van der Waals surface area contributed by atoms with E-state index in [9.17, 15) is 9.18 Å². The number of halogens is 1. The zero-order chi connectivity index (χ0) is 14.2. The van der Waals surface area contributed by atoms with Gasteiger partial charge in [-0.1, -0.05) is 30.3 Å². The summed E-state index contributed by atoms with van der Waals surface area (Å²) in [5.74, 6) is 0. The van der Waals surface area contributed by atoms with Crippen LogP contribution in [0.2, 0.25) is 0 Å². The van der Waals surface area contributed by atoms with Crippen LogP contribution in [0.25, 0.3) is 0 Å². The third-order valence-electron chi connectivity index (χ3n) is 3.34. The van der Waals surface area contributed by atoms with Crippen LogP contribution in [0.3, 0.4) is 0 Å². The molecule has 0 aliphatic carbocycles. The number of benzene rings is 1. The lowest BCUT2D eigenvalue weighted by atomic mass is 10.1. The van der Waals surface area contributed by atoms with E-state index in [-0.39, 0.29) is 25.4 Å². The number of likely N-dealkylation sites (tertiary alicyclic amines) is 1. The molecule has 0 saturated carbocycles. The van der Waals surface area contributed by atoms with Crippen molar-refractivity contribution in [2.75, 3.05) is 26.4 Å². The molecule has 20 heavy (non-hydrogen) atoms. The number of piperidine rings is 1. The number of amides is 1. The highest BCUT2D eigenvalue weighted by Gasteiger charge is 2.24. The Bertz CT molecular complexity index is 405. The van der Waals surface area contributed by atoms with Gasteiger partial charge in [0.15, 0.2) is 0 Å². The molecule has 1 amide bonds. The van der Waals surface area contributed by atoms with Crippen molar-refractivity contribution in [3.63, 3.8) is 0 Å². The Morgan fingerprint density at radius 3 is 2.60 bits per heavy atom. The number of hydrogen-bond donors (Lipinski definition) is 0. The second-order valence-corrected chi connectivity index (χ2v) is 4.79. The normalized spacial score (nSPS) is 16.1. The Balaban J connectivity index is 1.69. The van der Waals surface area contributed by atoms with E-state index >= 15 is 0 Å². The molecular formula is C15H20FNO3. The smallest absolute Gasteiger partial charge is 0.410 e. The molecule has 0 bridgehead atoms. The highest BCUT2D eigenvalue weighted by molar-refractivity contribution is 5.67. The van der Waals surface area contributed by atoms with Gasteiger partial charge in [0.05, 0.1) is 12.7 Å². The van der Waals surface area contributed by atoms with E-state index in [4.69, 9.17) is 9.47 Å². The molecule has 5 heteroatoms. The summed E-state index contributed by atoms with van der Waals surface area (Å²) in [6.45, 7) is 1.18. The first-order chi connectivity index (χ1) is 9.79. The van der Waals surface area contributed by atoms with Crippen LogP contribution in [0.4, 0.5) is 9.18 Å². The number of rotatable bonds is 5. The highest BCUT2D eigenvalue weighted by Crippen LogP contribution is 2.15. The van der Waals surface area contributed by atoms with E-state index in [1.165, 1.54) is 0 Å². The molecule has 0 atom stereocenters. The van der Waals surface area contributed by atoms with Crippen LogP contribution in [0.1, 0.15) is 18.4 Å². The SMILES string of the molecule is O=C(OCc1ccccc1)N1CCC(OCCF)CC1. The minimum Gasteiger partial charge on any atom is -0.445 e. The predicted molar refractivity (Wildman–Crippen MR) is 73.1 cm³/mol. The Morgan fingerprint density at radius 1 is 1.25 bits per heavy atom. The summed E-state index contributed by atoms with van der Waals surface area (Å²) in [7, 11) is 0. The van der Waals surface area contributed by atoms with Crippen molar-refractivity contribution in [1.29, 1.82) is 0 Å². The molecular weight excluding hydrogens is 261 g/mol. The fourth-order valence-corrected chi connectivity index (χ4v) is 2.23. The summed E-state index contributed by atoms with van der Waals surface area (Å²) in [4.78, 5) is 13.6. The lowest BCUT2D eigenvalue weighted by molar-refractivity contribution is 0.000153. The number of alkyl halides is 1. The number of carbonyl (C=O) groups is 1. The second-order valence-electron chi connectivity index (χ2n) is 4.79. The quantitative estimate of drug-likeness (QED) is 0.833. The first-order valence-electron chi connectivity index (χ1n) is 6.93.